The molecule has 0 atom stereocenters. The van der Waals surface area contributed by atoms with E-state index in [2.05, 4.69) is 6.92 Å². The van der Waals surface area contributed by atoms with Gasteiger partial charge in [0, 0.05) is 6.07 Å². The van der Waals surface area contributed by atoms with Gasteiger partial charge in [-0.05, 0) is 36.6 Å². The van der Waals surface area contributed by atoms with Gasteiger partial charge in [0.2, 0.25) is 0 Å². The second-order valence-corrected chi connectivity index (χ2v) is 9.85. The summed E-state index contributed by atoms with van der Waals surface area (Å²) in [6.45, 7) is 2.24. The molecular formula is C26H37KO5S. The van der Waals surface area contributed by atoms with Crippen molar-refractivity contribution >= 4 is 10.1 Å². The smallest absolute Gasteiger partial charge is 0.872 e. The van der Waals surface area contributed by atoms with Crippen LogP contribution < -0.4 is 61.2 Å². The van der Waals surface area contributed by atoms with Gasteiger partial charge in [-0.2, -0.15) is 8.42 Å². The van der Waals surface area contributed by atoms with Gasteiger partial charge in [-0.1, -0.05) is 95.8 Å². The van der Waals surface area contributed by atoms with Crippen LogP contribution in [0.5, 0.6) is 17.2 Å². The van der Waals surface area contributed by atoms with E-state index in [0.29, 0.717) is 17.7 Å². The zero-order valence-corrected chi connectivity index (χ0v) is 24.2. The van der Waals surface area contributed by atoms with Crippen LogP contribution in [0.2, 0.25) is 0 Å². The second-order valence-electron chi connectivity index (χ2n) is 8.42. The Balaban J connectivity index is 0.00000544. The molecule has 0 unspecified atom stereocenters. The van der Waals surface area contributed by atoms with E-state index in [4.69, 9.17) is 4.74 Å². The van der Waals surface area contributed by atoms with Crippen molar-refractivity contribution < 1.29 is 74.2 Å². The Kier molecular flexibility index (Phi) is 15.9. The Morgan fingerprint density at radius 1 is 0.818 bits per heavy atom. The van der Waals surface area contributed by atoms with E-state index in [0.717, 1.165) is 12.8 Å². The number of benzene rings is 2. The average Bonchev–Trinajstić information content (AvgIpc) is 2.76. The van der Waals surface area contributed by atoms with Crippen LogP contribution in [-0.2, 0) is 16.5 Å². The molecule has 0 heterocycles. The summed E-state index contributed by atoms with van der Waals surface area (Å²) in [6, 6.07) is 10.5. The molecule has 0 aliphatic heterocycles. The van der Waals surface area contributed by atoms with Gasteiger partial charge in [-0.25, -0.2) is 0 Å². The monoisotopic (exact) mass is 500 g/mol. The van der Waals surface area contributed by atoms with Gasteiger partial charge in [-0.3, -0.25) is 4.55 Å². The molecule has 33 heavy (non-hydrogen) atoms. The molecule has 0 aliphatic carbocycles. The van der Waals surface area contributed by atoms with Crippen LogP contribution in [0, 0.1) is 0 Å². The van der Waals surface area contributed by atoms with Crippen molar-refractivity contribution in [2.75, 3.05) is 0 Å². The minimum Gasteiger partial charge on any atom is -0.872 e. The van der Waals surface area contributed by atoms with Crippen molar-refractivity contribution in [3.8, 4) is 17.2 Å². The van der Waals surface area contributed by atoms with Gasteiger partial charge < -0.3 is 9.84 Å². The molecular weight excluding hydrogens is 463 g/mol. The maximum absolute atomic E-state index is 12.4. The van der Waals surface area contributed by atoms with E-state index in [1.165, 1.54) is 88.5 Å². The molecule has 178 valence electrons. The van der Waals surface area contributed by atoms with E-state index >= 15 is 0 Å². The molecule has 7 heteroatoms. The third-order valence-electron chi connectivity index (χ3n) is 5.70. The first-order chi connectivity index (χ1) is 15.4. The minimum atomic E-state index is -4.31. The zero-order chi connectivity index (χ0) is 23.2. The van der Waals surface area contributed by atoms with Gasteiger partial charge in [0.1, 0.15) is 11.5 Å². The number of ether oxygens (including phenoxy) is 1. The largest absolute Gasteiger partial charge is 1.00 e. The molecule has 0 spiro atoms. The summed E-state index contributed by atoms with van der Waals surface area (Å²) in [5.41, 5.74) is 0.608. The number of unbranched alkanes of at least 4 members (excludes halogenated alkanes) is 11. The van der Waals surface area contributed by atoms with E-state index < -0.39 is 10.1 Å². The normalized spacial score (nSPS) is 11.2. The van der Waals surface area contributed by atoms with Crippen molar-refractivity contribution in [2.45, 2.75) is 95.3 Å². The molecule has 0 radical (unpaired) electrons. The van der Waals surface area contributed by atoms with Crippen LogP contribution >= 0.6 is 0 Å². The van der Waals surface area contributed by atoms with Gasteiger partial charge in [0.05, 0.1) is 4.90 Å². The summed E-state index contributed by atoms with van der Waals surface area (Å²) < 4.78 is 37.7. The van der Waals surface area contributed by atoms with Gasteiger partial charge >= 0.3 is 51.4 Å². The number of hydrogen-bond donors (Lipinski definition) is 1. The predicted molar refractivity (Wildman–Crippen MR) is 127 cm³/mol. The maximum atomic E-state index is 12.4. The summed E-state index contributed by atoms with van der Waals surface area (Å²) in [7, 11) is -4.31. The van der Waals surface area contributed by atoms with Crippen molar-refractivity contribution in [3.63, 3.8) is 0 Å². The van der Waals surface area contributed by atoms with Crippen molar-refractivity contribution in [1.82, 2.24) is 0 Å². The van der Waals surface area contributed by atoms with Gasteiger partial charge in [0.15, 0.2) is 0 Å². The summed E-state index contributed by atoms with van der Waals surface area (Å²) in [4.78, 5) is -0.240. The first-order valence-electron chi connectivity index (χ1n) is 12.0. The van der Waals surface area contributed by atoms with E-state index in [1.807, 2.05) is 0 Å². The minimum absolute atomic E-state index is 0. The fraction of sp³-hybridized carbons (Fsp3) is 0.538. The summed E-state index contributed by atoms with van der Waals surface area (Å²) >= 11 is 0. The molecule has 2 rings (SSSR count). The molecule has 5 nitrogen and oxygen atoms in total. The number of rotatable bonds is 16. The quantitative estimate of drug-likeness (QED) is 0.213. The Morgan fingerprint density at radius 2 is 1.36 bits per heavy atom. The SMILES string of the molecule is CCCCCCCCCCCCCCc1c([O-])cccc1Oc1cccc(S(=O)(=O)O)c1.[K+]. The molecule has 0 fully saturated rings. The molecule has 0 saturated carbocycles. The molecule has 0 amide bonds. The Hall–Kier alpha value is -0.414. The Bertz CT molecular complexity index is 915. The van der Waals surface area contributed by atoms with Crippen LogP contribution in [0.3, 0.4) is 0 Å². The fourth-order valence-electron chi connectivity index (χ4n) is 3.86. The van der Waals surface area contributed by atoms with Crippen LogP contribution in [0.15, 0.2) is 47.4 Å². The summed E-state index contributed by atoms with van der Waals surface area (Å²) in [5, 5.41) is 12.4. The van der Waals surface area contributed by atoms with E-state index in [-0.39, 0.29) is 67.8 Å². The fourth-order valence-corrected chi connectivity index (χ4v) is 4.37. The zero-order valence-electron chi connectivity index (χ0n) is 20.2. The van der Waals surface area contributed by atoms with Crippen molar-refractivity contribution in [1.29, 1.82) is 0 Å². The van der Waals surface area contributed by atoms with Crippen LogP contribution in [-0.4, -0.2) is 13.0 Å². The van der Waals surface area contributed by atoms with Crippen molar-refractivity contribution in [2.24, 2.45) is 0 Å². The first kappa shape index (κ1) is 30.6. The van der Waals surface area contributed by atoms with Crippen LogP contribution in [0.25, 0.3) is 0 Å². The third kappa shape index (κ3) is 12.2. The first-order valence-corrected chi connectivity index (χ1v) is 13.4. The van der Waals surface area contributed by atoms with E-state index in [9.17, 15) is 18.1 Å². The summed E-state index contributed by atoms with van der Waals surface area (Å²) in [6.07, 6.45) is 15.7. The molecule has 0 bridgehead atoms. The second kappa shape index (κ2) is 17.1. The predicted octanol–water partition coefficient (Wildman–Crippen LogP) is 4.05. The molecule has 0 aliphatic rings. The van der Waals surface area contributed by atoms with E-state index in [1.54, 1.807) is 18.2 Å². The third-order valence-corrected chi connectivity index (χ3v) is 6.55. The summed E-state index contributed by atoms with van der Waals surface area (Å²) in [5.74, 6) is 0.631. The topological polar surface area (TPSA) is 86.7 Å². The maximum Gasteiger partial charge on any atom is 1.00 e. The molecule has 1 N–H and O–H groups in total. The number of hydrogen-bond acceptors (Lipinski definition) is 4. The molecule has 0 saturated heterocycles. The van der Waals surface area contributed by atoms with Crippen LogP contribution in [0.4, 0.5) is 0 Å². The van der Waals surface area contributed by atoms with Gasteiger partial charge in [-0.15, -0.1) is 5.75 Å². The molecule has 2 aromatic rings. The van der Waals surface area contributed by atoms with Crippen LogP contribution in [0.1, 0.15) is 89.5 Å². The Morgan fingerprint density at radius 3 is 1.94 bits per heavy atom. The standard InChI is InChI=1S/C26H38O5S.K/c1-2-3-4-5-6-7-8-9-10-11-12-13-18-24-25(27)19-15-20-26(24)31-22-16-14-17-23(21-22)32(28,29)30;/h14-17,19-21,27H,2-13,18H2,1H3,(H,28,29,30);/q;+1/p-1. The Labute approximate surface area is 242 Å². The van der Waals surface area contributed by atoms with Gasteiger partial charge in [0.25, 0.3) is 10.1 Å². The molecule has 2 aromatic carbocycles. The van der Waals surface area contributed by atoms with Crippen molar-refractivity contribution in [3.05, 3.63) is 48.0 Å². The molecule has 0 aromatic heterocycles. The average molecular weight is 501 g/mol.